The summed E-state index contributed by atoms with van der Waals surface area (Å²) in [7, 11) is 3.88. The van der Waals surface area contributed by atoms with E-state index in [2.05, 4.69) is 158 Å². The van der Waals surface area contributed by atoms with Gasteiger partial charge in [0, 0.05) is 162 Å². The van der Waals surface area contributed by atoms with Crippen molar-refractivity contribution in [2.45, 2.75) is 65.6 Å². The molecule has 29 nitrogen and oxygen atoms in total. The molecule has 8 aromatic carbocycles. The first-order chi connectivity index (χ1) is 66.8. The van der Waals surface area contributed by atoms with E-state index < -0.39 is 17.5 Å². The lowest BCUT2D eigenvalue weighted by Crippen LogP contribution is -2.37. The molecule has 36 heteroatoms. The third-order valence-electron chi connectivity index (χ3n) is 20.3. The molecule has 0 atom stereocenters. The SMILES string of the molecule is CC(C)N(CC#Cc1cccc(Nc2cc(Nc3ccc(F)c(Cl)c3)ncn2)c1)C(C)C.CN(C)C/C=C/C(=O)Nc1cccc(Nc2cc(Nc3ccc(OCc4ccccn4)c(Cl)c3)ncn2)c1.O=C(/C=C/CN1CCCCC1)Nc1cccc(Nc2cc(Nc3ccc(F)c(Cl)c3)ncn2)c1.O=C(/C=C/CN1CCOCC1)Nc1cccc(Nc2cc(Nc3ccc(F)c(Cl)c3)ncn2)c1. The maximum atomic E-state index is 13.4. The van der Waals surface area contributed by atoms with Gasteiger partial charge in [0.05, 0.1) is 45.5 Å². The van der Waals surface area contributed by atoms with Gasteiger partial charge in [-0.15, -0.1) is 0 Å². The highest BCUT2D eigenvalue weighted by atomic mass is 35.5. The number of pyridine rings is 1. The van der Waals surface area contributed by atoms with Crippen molar-refractivity contribution in [2.75, 3.05) is 138 Å². The molecule has 2 aliphatic heterocycles. The van der Waals surface area contributed by atoms with Crippen LogP contribution in [0.4, 0.5) is 122 Å². The largest absolute Gasteiger partial charge is 0.486 e. The van der Waals surface area contributed by atoms with Gasteiger partial charge in [0.15, 0.2) is 0 Å². The average molecular weight is 1950 g/mol. The minimum atomic E-state index is -0.489. The van der Waals surface area contributed by atoms with Crippen LogP contribution in [0.2, 0.25) is 20.1 Å². The molecule has 138 heavy (non-hydrogen) atoms. The minimum Gasteiger partial charge on any atom is -0.486 e. The number of nitrogens with one attached hydrogen (secondary N) is 11. The van der Waals surface area contributed by atoms with Crippen molar-refractivity contribution in [1.29, 1.82) is 0 Å². The molecule has 3 amide bonds. The number of likely N-dealkylation sites (tertiary alicyclic amines) is 1. The van der Waals surface area contributed by atoms with Crippen LogP contribution in [0.15, 0.2) is 280 Å². The summed E-state index contributed by atoms with van der Waals surface area (Å²) in [5.41, 5.74) is 9.45. The number of rotatable bonds is 34. The van der Waals surface area contributed by atoms with Crippen LogP contribution in [0.1, 0.15) is 58.2 Å². The van der Waals surface area contributed by atoms with Gasteiger partial charge >= 0.3 is 0 Å². The Kier molecular flexibility index (Phi) is 39.7. The maximum absolute atomic E-state index is 13.4. The number of carbonyl (C=O) groups is 3. The number of ether oxygens (including phenoxy) is 2. The maximum Gasteiger partial charge on any atom is 0.248 e. The van der Waals surface area contributed by atoms with Crippen molar-refractivity contribution >= 4 is 173 Å². The van der Waals surface area contributed by atoms with Gasteiger partial charge < -0.3 is 72.9 Å². The second-order valence-electron chi connectivity index (χ2n) is 32.0. The summed E-state index contributed by atoms with van der Waals surface area (Å²) >= 11 is 23.9. The van der Waals surface area contributed by atoms with Crippen molar-refractivity contribution < 1.29 is 37.0 Å². The minimum absolute atomic E-state index is 0.0206. The molecule has 5 aromatic heterocycles. The monoisotopic (exact) mass is 1940 g/mol. The van der Waals surface area contributed by atoms with Crippen LogP contribution in [0.3, 0.4) is 0 Å². The number of morpholine rings is 1. The molecule has 0 radical (unpaired) electrons. The van der Waals surface area contributed by atoms with Gasteiger partial charge in [-0.2, -0.15) is 0 Å². The van der Waals surface area contributed by atoms with E-state index in [0.717, 1.165) is 92.2 Å². The number of hydrogen-bond acceptors (Lipinski definition) is 26. The van der Waals surface area contributed by atoms with Gasteiger partial charge in [-0.25, -0.2) is 53.0 Å². The van der Waals surface area contributed by atoms with E-state index in [1.807, 2.05) is 159 Å². The third kappa shape index (κ3) is 35.6. The molecule has 2 fully saturated rings. The van der Waals surface area contributed by atoms with Crippen LogP contribution >= 0.6 is 46.4 Å². The molecular formula is C102H105Cl4F3N24O5. The first-order valence-electron chi connectivity index (χ1n) is 44.2. The zero-order chi connectivity index (χ0) is 97.3. The summed E-state index contributed by atoms with van der Waals surface area (Å²) in [5, 5.41) is 34.5. The quantitative estimate of drug-likeness (QED) is 0.0132. The summed E-state index contributed by atoms with van der Waals surface area (Å²) in [6.45, 7) is 17.4. The Hall–Kier alpha value is -14.6. The highest BCUT2D eigenvalue weighted by molar-refractivity contribution is 6.32. The van der Waals surface area contributed by atoms with Crippen LogP contribution in [-0.4, -0.2) is 174 Å². The van der Waals surface area contributed by atoms with E-state index in [-0.39, 0.29) is 32.8 Å². The fourth-order valence-corrected chi connectivity index (χ4v) is 14.3. The fourth-order valence-electron chi connectivity index (χ4n) is 13.6. The molecule has 2 aliphatic rings. The number of halogens is 7. The molecule has 0 aliphatic carbocycles. The number of aromatic nitrogens is 9. The second-order valence-corrected chi connectivity index (χ2v) is 33.6. The molecule has 0 bridgehead atoms. The number of nitrogens with zero attached hydrogens (tertiary/aromatic N) is 13. The predicted molar refractivity (Wildman–Crippen MR) is 548 cm³/mol. The van der Waals surface area contributed by atoms with E-state index in [1.165, 1.54) is 87.0 Å². The number of hydrogen-bond donors (Lipinski definition) is 11. The number of amides is 3. The average Bonchev–Trinajstić information content (AvgIpc) is 0.858. The Morgan fingerprint density at radius 1 is 0.406 bits per heavy atom. The van der Waals surface area contributed by atoms with Crippen LogP contribution in [0.25, 0.3) is 0 Å². The molecule has 15 rings (SSSR count). The standard InChI is InChI=1S/C28H28ClN7O2.C25H26ClFN6O.C25H27ClFN5.C24H24ClFN6O2/c1-36(2)14-6-10-28(37)35-21-9-5-8-20(15-21)33-26-17-27(32-19-31-26)34-22-11-12-25(24(29)16-22)38-18-23-7-3-4-13-30-23;26-21-15-20(9-10-22(21)27)31-24-16-23(28-17-29-24)30-18-6-4-7-19(14-18)32-25(34)8-5-13-33-11-2-1-3-12-33;1-17(2)32(18(3)4)12-6-8-19-7-5-9-20(13-19)30-24-15-25(29-16-28-24)31-21-10-11-23(27)22(26)14-21;25-20-14-19(6-7-21(20)26)30-23-15-22(27-16-28-23)29-17-3-1-4-18(13-17)31-24(33)5-2-8-32-9-11-34-12-10-32/h3-13,15-17,19H,14,18H2,1-2H3,(H,35,37)(H2,31,32,33,34);4-10,14-17H,1-3,11-13H2,(H,32,34)(H2,28,29,30,31);5,7,9-11,13-18H,12H2,1-4H3,(H2,28,29,30,31);1-7,13-16H,8-12H2,(H,31,33)(H2,27,28,29,30)/b10-6+;8-5+;;5-2+. The van der Waals surface area contributed by atoms with Crippen molar-refractivity contribution in [1.82, 2.24) is 64.5 Å². The van der Waals surface area contributed by atoms with Crippen molar-refractivity contribution in [3.63, 3.8) is 0 Å². The second kappa shape index (κ2) is 53.6. The normalized spacial score (nSPS) is 12.5. The Labute approximate surface area is 820 Å². The Morgan fingerprint density at radius 3 is 1.13 bits per heavy atom. The van der Waals surface area contributed by atoms with Crippen molar-refractivity contribution in [3.8, 4) is 17.6 Å². The van der Waals surface area contributed by atoms with Crippen LogP contribution in [0.5, 0.6) is 5.75 Å². The number of anilines is 19. The summed E-state index contributed by atoms with van der Waals surface area (Å²) < 4.78 is 51.2. The Balaban J connectivity index is 0.000000165. The van der Waals surface area contributed by atoms with Crippen LogP contribution in [-0.2, 0) is 25.7 Å². The summed E-state index contributed by atoms with van der Waals surface area (Å²) in [6, 6.07) is 61.9. The summed E-state index contributed by atoms with van der Waals surface area (Å²) in [5.74, 6) is 9.55. The third-order valence-corrected chi connectivity index (χ3v) is 21.4. The number of piperidine rings is 1. The number of benzene rings is 8. The van der Waals surface area contributed by atoms with Gasteiger partial charge in [0.2, 0.25) is 17.7 Å². The molecule has 2 saturated heterocycles. The zero-order valence-electron chi connectivity index (χ0n) is 76.6. The van der Waals surface area contributed by atoms with E-state index in [9.17, 15) is 27.6 Å². The van der Waals surface area contributed by atoms with Crippen molar-refractivity contribution in [3.05, 3.63) is 329 Å². The summed E-state index contributed by atoms with van der Waals surface area (Å²) in [6.07, 6.45) is 21.4. The highest BCUT2D eigenvalue weighted by Gasteiger charge is 2.17. The van der Waals surface area contributed by atoms with Gasteiger partial charge in [-0.05, 0) is 225 Å². The first-order valence-corrected chi connectivity index (χ1v) is 45.7. The van der Waals surface area contributed by atoms with E-state index in [4.69, 9.17) is 55.9 Å². The van der Waals surface area contributed by atoms with E-state index in [0.29, 0.717) is 123 Å². The molecular weight excluding hydrogens is 1840 g/mol. The lowest BCUT2D eigenvalue weighted by atomic mass is 10.1. The van der Waals surface area contributed by atoms with E-state index in [1.54, 1.807) is 72.9 Å². The lowest BCUT2D eigenvalue weighted by molar-refractivity contribution is -0.112. The van der Waals surface area contributed by atoms with Crippen LogP contribution < -0.4 is 63.2 Å². The molecule has 13 aromatic rings. The van der Waals surface area contributed by atoms with Gasteiger partial charge in [-0.3, -0.25) is 34.1 Å². The molecule has 0 unspecified atom stereocenters. The molecule has 712 valence electrons. The lowest BCUT2D eigenvalue weighted by Gasteiger charge is -2.28. The molecule has 11 N–H and O–H groups in total. The molecule has 7 heterocycles. The first kappa shape index (κ1) is 102. The highest BCUT2D eigenvalue weighted by Crippen LogP contribution is 2.33. The Morgan fingerprint density at radius 2 is 0.761 bits per heavy atom. The smallest absolute Gasteiger partial charge is 0.248 e. The summed E-state index contributed by atoms with van der Waals surface area (Å²) in [4.78, 5) is 83.7. The van der Waals surface area contributed by atoms with Gasteiger partial charge in [0.25, 0.3) is 0 Å². The number of carbonyl (C=O) groups excluding carboxylic acids is 3. The van der Waals surface area contributed by atoms with Crippen molar-refractivity contribution in [2.24, 2.45) is 0 Å². The van der Waals surface area contributed by atoms with E-state index >= 15 is 0 Å². The fraction of sp³-hybridized carbons (Fsp3) is 0.216. The number of likely N-dealkylation sites (N-methyl/N-ethyl adjacent to an activating group) is 1. The molecule has 0 saturated carbocycles. The van der Waals surface area contributed by atoms with Gasteiger partial charge in [-0.1, -0.05) is 113 Å². The Bertz CT molecular complexity index is 6180. The predicted octanol–water partition coefficient (Wildman–Crippen LogP) is 22.2. The molecule has 0 spiro atoms. The van der Waals surface area contributed by atoms with Gasteiger partial charge in [0.1, 0.15) is 102 Å². The zero-order valence-corrected chi connectivity index (χ0v) is 79.6. The van der Waals surface area contributed by atoms with Crippen LogP contribution in [0, 0.1) is 29.3 Å². The topological polar surface area (TPSA) is 331 Å².